The number of nitrogens with two attached hydrogens (primary N) is 2. The van der Waals surface area contributed by atoms with Gasteiger partial charge in [-0.3, -0.25) is 4.79 Å². The molecule has 3 rings (SSSR count). The molecule has 0 radical (unpaired) electrons. The number of anilines is 2. The van der Waals surface area contributed by atoms with Crippen molar-refractivity contribution in [1.82, 2.24) is 19.5 Å². The summed E-state index contributed by atoms with van der Waals surface area (Å²) in [5.41, 5.74) is 11.2. The molecule has 0 saturated carbocycles. The molecule has 1 saturated heterocycles. The summed E-state index contributed by atoms with van der Waals surface area (Å²) < 4.78 is 7.48. The Morgan fingerprint density at radius 3 is 2.96 bits per heavy atom. The average Bonchev–Trinajstić information content (AvgIpc) is 3.01. The van der Waals surface area contributed by atoms with Crippen molar-refractivity contribution in [2.75, 3.05) is 23.7 Å². The highest BCUT2D eigenvalue weighted by Crippen LogP contribution is 2.30. The van der Waals surface area contributed by atoms with Gasteiger partial charge in [0.05, 0.1) is 6.10 Å². The zero-order valence-electron chi connectivity index (χ0n) is 15.1. The summed E-state index contributed by atoms with van der Waals surface area (Å²) in [4.78, 5) is 26.4. The van der Waals surface area contributed by atoms with Gasteiger partial charge in [0.2, 0.25) is 17.7 Å². The van der Waals surface area contributed by atoms with Crippen LogP contribution in [-0.4, -0.2) is 44.6 Å². The third-order valence-corrected chi connectivity index (χ3v) is 4.25. The van der Waals surface area contributed by atoms with E-state index in [-0.39, 0.29) is 30.4 Å². The first kappa shape index (κ1) is 18.0. The average molecular weight is 359 g/mol. The first-order chi connectivity index (χ1) is 12.4. The zero-order chi connectivity index (χ0) is 18.7. The molecule has 140 valence electrons. The van der Waals surface area contributed by atoms with Gasteiger partial charge in [-0.1, -0.05) is 0 Å². The summed E-state index contributed by atoms with van der Waals surface area (Å²) in [7, 11) is 0. The Balaban J connectivity index is 1.80. The summed E-state index contributed by atoms with van der Waals surface area (Å²) in [6.45, 7) is 5.61. The van der Waals surface area contributed by atoms with Crippen molar-refractivity contribution in [1.29, 1.82) is 0 Å². The van der Waals surface area contributed by atoms with Crippen molar-refractivity contribution < 1.29 is 9.53 Å². The van der Waals surface area contributed by atoms with Crippen molar-refractivity contribution in [3.05, 3.63) is 24.3 Å². The molecule has 1 unspecified atom stereocenters. The molecule has 1 fully saturated rings. The first-order valence-corrected chi connectivity index (χ1v) is 8.78. The number of nitrogens with zero attached hydrogens (tertiary/aromatic N) is 5. The fraction of sp³-hybridized carbons (Fsp3) is 0.529. The Labute approximate surface area is 152 Å². The lowest BCUT2D eigenvalue weighted by atomic mass is 9.97. The molecule has 9 nitrogen and oxygen atoms in total. The molecule has 1 aliphatic heterocycles. The minimum atomic E-state index is -0.379. The van der Waals surface area contributed by atoms with Crippen molar-refractivity contribution in [3.63, 3.8) is 0 Å². The number of hydrogen-bond acceptors (Lipinski definition) is 7. The van der Waals surface area contributed by atoms with E-state index in [1.54, 1.807) is 12.4 Å². The first-order valence-electron chi connectivity index (χ1n) is 8.78. The van der Waals surface area contributed by atoms with Gasteiger partial charge in [-0.15, -0.1) is 0 Å². The van der Waals surface area contributed by atoms with Crippen LogP contribution in [0.3, 0.4) is 0 Å². The lowest BCUT2D eigenvalue weighted by molar-refractivity contribution is -0.118. The Morgan fingerprint density at radius 1 is 1.42 bits per heavy atom. The van der Waals surface area contributed by atoms with Gasteiger partial charge in [-0.05, 0) is 26.7 Å². The number of rotatable bonds is 6. The molecule has 26 heavy (non-hydrogen) atoms. The number of imidazole rings is 1. The quantitative estimate of drug-likeness (QED) is 0.785. The van der Waals surface area contributed by atoms with Crippen LogP contribution in [0.25, 0.3) is 0 Å². The molecule has 1 amide bonds. The number of nitrogen functional groups attached to an aromatic ring is 1. The van der Waals surface area contributed by atoms with E-state index >= 15 is 0 Å². The van der Waals surface area contributed by atoms with E-state index in [4.69, 9.17) is 16.2 Å². The van der Waals surface area contributed by atoms with E-state index in [9.17, 15) is 4.79 Å². The lowest BCUT2D eigenvalue weighted by Crippen LogP contribution is -2.36. The summed E-state index contributed by atoms with van der Waals surface area (Å²) in [5.74, 6) is 2.08. The zero-order valence-corrected chi connectivity index (χ0v) is 15.1. The molecular weight excluding hydrogens is 334 g/mol. The summed E-state index contributed by atoms with van der Waals surface area (Å²) in [6, 6.07) is 1.81. The van der Waals surface area contributed by atoms with E-state index in [2.05, 4.69) is 19.9 Å². The molecule has 0 spiro atoms. The molecule has 1 atom stereocenters. The van der Waals surface area contributed by atoms with E-state index < -0.39 is 0 Å². The highest BCUT2D eigenvalue weighted by molar-refractivity contribution is 5.73. The Bertz CT molecular complexity index is 774. The summed E-state index contributed by atoms with van der Waals surface area (Å²) in [6.07, 6.45) is 5.47. The van der Waals surface area contributed by atoms with Gasteiger partial charge < -0.3 is 25.7 Å². The van der Waals surface area contributed by atoms with Crippen LogP contribution in [0.15, 0.2) is 18.5 Å². The van der Waals surface area contributed by atoms with Gasteiger partial charge in [-0.2, -0.15) is 9.97 Å². The number of amides is 1. The molecule has 2 aromatic rings. The minimum absolute atomic E-state index is 0.00697. The Morgan fingerprint density at radius 2 is 2.23 bits per heavy atom. The maximum Gasteiger partial charge on any atom is 0.237 e. The van der Waals surface area contributed by atoms with Gasteiger partial charge in [-0.25, -0.2) is 4.98 Å². The van der Waals surface area contributed by atoms with E-state index in [0.29, 0.717) is 5.88 Å². The standard InChI is InChI=1S/C17H25N7O2/c1-11(2)26-15-8-14(21-17(19)22-15)23-6-3-4-12(9-23)16-20-5-7-24(16)10-13(18)25/h5,7-8,11-12H,3-4,6,9-10H2,1-2H3,(H2,18,25)(H2,19,21,22). The van der Waals surface area contributed by atoms with Crippen LogP contribution >= 0.6 is 0 Å². The van der Waals surface area contributed by atoms with Crippen molar-refractivity contribution >= 4 is 17.7 Å². The fourth-order valence-corrected chi connectivity index (χ4v) is 3.27. The highest BCUT2D eigenvalue weighted by atomic mass is 16.5. The molecule has 0 bridgehead atoms. The lowest BCUT2D eigenvalue weighted by Gasteiger charge is -2.33. The van der Waals surface area contributed by atoms with E-state index in [1.807, 2.05) is 24.5 Å². The molecule has 0 aliphatic carbocycles. The number of hydrogen-bond donors (Lipinski definition) is 2. The predicted octanol–water partition coefficient (Wildman–Crippen LogP) is 0.912. The second kappa shape index (κ2) is 7.59. The molecule has 2 aromatic heterocycles. The third-order valence-electron chi connectivity index (χ3n) is 4.25. The van der Waals surface area contributed by atoms with Gasteiger partial charge in [0.15, 0.2) is 0 Å². The normalized spacial score (nSPS) is 17.5. The molecule has 4 N–H and O–H groups in total. The van der Waals surface area contributed by atoms with E-state index in [1.165, 1.54) is 0 Å². The monoisotopic (exact) mass is 359 g/mol. The predicted molar refractivity (Wildman–Crippen MR) is 97.8 cm³/mol. The molecule has 9 heteroatoms. The number of ether oxygens (including phenoxy) is 1. The highest BCUT2D eigenvalue weighted by Gasteiger charge is 2.26. The summed E-state index contributed by atoms with van der Waals surface area (Å²) >= 11 is 0. The van der Waals surface area contributed by atoms with Crippen LogP contribution in [-0.2, 0) is 11.3 Å². The third kappa shape index (κ3) is 4.22. The molecule has 1 aliphatic rings. The number of carbonyl (C=O) groups excluding carboxylic acids is 1. The van der Waals surface area contributed by atoms with Crippen molar-refractivity contribution in [3.8, 4) is 5.88 Å². The van der Waals surface area contributed by atoms with Crippen LogP contribution in [0.5, 0.6) is 5.88 Å². The van der Waals surface area contributed by atoms with Gasteiger partial charge >= 0.3 is 0 Å². The number of piperidine rings is 1. The topological polar surface area (TPSA) is 125 Å². The SMILES string of the molecule is CC(C)Oc1cc(N2CCCC(c3nccn3CC(N)=O)C2)nc(N)n1. The Kier molecular flexibility index (Phi) is 5.24. The number of carbonyl (C=O) groups is 1. The molecule has 3 heterocycles. The maximum atomic E-state index is 11.3. The number of aromatic nitrogens is 4. The van der Waals surface area contributed by atoms with Crippen LogP contribution in [0.1, 0.15) is 38.4 Å². The van der Waals surface area contributed by atoms with Crippen LogP contribution in [0.4, 0.5) is 11.8 Å². The van der Waals surface area contributed by atoms with Gasteiger partial charge in [0, 0.05) is 37.5 Å². The smallest absolute Gasteiger partial charge is 0.237 e. The van der Waals surface area contributed by atoms with Gasteiger partial charge in [0.25, 0.3) is 0 Å². The maximum absolute atomic E-state index is 11.3. The van der Waals surface area contributed by atoms with Crippen LogP contribution < -0.4 is 21.1 Å². The minimum Gasteiger partial charge on any atom is -0.475 e. The second-order valence-corrected chi connectivity index (χ2v) is 6.75. The molecule has 0 aromatic carbocycles. The largest absolute Gasteiger partial charge is 0.475 e. The fourth-order valence-electron chi connectivity index (χ4n) is 3.27. The van der Waals surface area contributed by atoms with Gasteiger partial charge in [0.1, 0.15) is 18.2 Å². The second-order valence-electron chi connectivity index (χ2n) is 6.75. The van der Waals surface area contributed by atoms with Crippen LogP contribution in [0.2, 0.25) is 0 Å². The van der Waals surface area contributed by atoms with E-state index in [0.717, 1.165) is 37.6 Å². The number of primary amides is 1. The molecular formula is C17H25N7O2. The van der Waals surface area contributed by atoms with Crippen molar-refractivity contribution in [2.24, 2.45) is 5.73 Å². The van der Waals surface area contributed by atoms with Crippen LogP contribution in [0, 0.1) is 0 Å². The van der Waals surface area contributed by atoms with Crippen molar-refractivity contribution in [2.45, 2.75) is 45.3 Å². The summed E-state index contributed by atoms with van der Waals surface area (Å²) in [5, 5.41) is 0. The Hall–Kier alpha value is -2.84.